The van der Waals surface area contributed by atoms with Gasteiger partial charge >= 0.3 is 17.9 Å². The van der Waals surface area contributed by atoms with Crippen LogP contribution >= 0.6 is 0 Å². The Hall–Kier alpha value is -2.71. The van der Waals surface area contributed by atoms with Crippen molar-refractivity contribution in [3.8, 4) is 0 Å². The quantitative estimate of drug-likeness (QED) is 0.0752. The van der Waals surface area contributed by atoms with E-state index in [4.69, 9.17) is 14.3 Å². The van der Waals surface area contributed by atoms with Crippen molar-refractivity contribution >= 4 is 29.7 Å². The third-order valence-corrected chi connectivity index (χ3v) is 6.14. The van der Waals surface area contributed by atoms with Crippen LogP contribution in [0.25, 0.3) is 0 Å². The van der Waals surface area contributed by atoms with Gasteiger partial charge < -0.3 is 14.3 Å². The molecule has 1 aliphatic rings. The Morgan fingerprint density at radius 1 is 0.795 bits per heavy atom. The first-order chi connectivity index (χ1) is 18.5. The topological polar surface area (TPSA) is 116 Å². The molecule has 1 heterocycles. The van der Waals surface area contributed by atoms with E-state index in [2.05, 4.69) is 19.1 Å². The molecule has 39 heavy (non-hydrogen) atoms. The van der Waals surface area contributed by atoms with Crippen molar-refractivity contribution in [3.63, 3.8) is 0 Å². The van der Waals surface area contributed by atoms with Gasteiger partial charge in [-0.05, 0) is 52.9 Å². The minimum atomic E-state index is -1.61. The summed E-state index contributed by atoms with van der Waals surface area (Å²) in [5.41, 5.74) is -0.805. The summed E-state index contributed by atoms with van der Waals surface area (Å²) in [5, 5.41) is 0.363. The first-order valence-electron chi connectivity index (χ1n) is 14.7. The Morgan fingerprint density at radius 2 is 1.31 bits per heavy atom. The van der Waals surface area contributed by atoms with E-state index in [0.29, 0.717) is 11.5 Å². The zero-order valence-corrected chi connectivity index (χ0v) is 24.5. The Bertz CT molecular complexity index is 798. The number of rotatable bonds is 20. The SMILES string of the molecule is CCCCCCCCC=CCCCCCCCC(=O)OC(CC(=O)OC(C)(C)C)C(=O)ON1C(=O)CCC1=O. The molecule has 0 spiro atoms. The van der Waals surface area contributed by atoms with Crippen molar-refractivity contribution in [2.24, 2.45) is 0 Å². The number of hydroxylamine groups is 2. The van der Waals surface area contributed by atoms with Gasteiger partial charge in [-0.2, -0.15) is 0 Å². The number of amides is 2. The number of ether oxygens (including phenoxy) is 2. The fourth-order valence-corrected chi connectivity index (χ4v) is 4.07. The van der Waals surface area contributed by atoms with Crippen molar-refractivity contribution in [1.82, 2.24) is 5.06 Å². The lowest BCUT2D eigenvalue weighted by molar-refractivity contribution is -0.207. The lowest BCUT2D eigenvalue weighted by Crippen LogP contribution is -2.40. The van der Waals surface area contributed by atoms with Gasteiger partial charge in [0, 0.05) is 19.3 Å². The summed E-state index contributed by atoms with van der Waals surface area (Å²) in [6.45, 7) is 7.23. The van der Waals surface area contributed by atoms with E-state index in [0.717, 1.165) is 38.5 Å². The predicted octanol–water partition coefficient (Wildman–Crippen LogP) is 6.27. The summed E-state index contributed by atoms with van der Waals surface area (Å²) in [6, 6.07) is 0. The number of hydrogen-bond acceptors (Lipinski definition) is 8. The zero-order valence-electron chi connectivity index (χ0n) is 24.5. The Balaban J connectivity index is 2.32. The molecule has 0 radical (unpaired) electrons. The molecule has 0 bridgehead atoms. The number of unbranched alkanes of at least 4 members (excludes halogenated alkanes) is 11. The molecule has 0 aromatic rings. The van der Waals surface area contributed by atoms with Gasteiger partial charge in [0.05, 0.1) is 6.42 Å². The number of esters is 2. The molecular weight excluding hydrogens is 502 g/mol. The average molecular weight is 552 g/mol. The molecule has 2 amide bonds. The van der Waals surface area contributed by atoms with Gasteiger partial charge in [-0.1, -0.05) is 70.4 Å². The van der Waals surface area contributed by atoms with Gasteiger partial charge in [-0.25, -0.2) is 4.79 Å². The molecule has 1 aliphatic heterocycles. The van der Waals surface area contributed by atoms with Gasteiger partial charge in [0.2, 0.25) is 6.10 Å². The predicted molar refractivity (Wildman–Crippen MR) is 147 cm³/mol. The third kappa shape index (κ3) is 16.8. The average Bonchev–Trinajstić information content (AvgIpc) is 3.16. The minimum Gasteiger partial charge on any atom is -0.460 e. The number of carbonyl (C=O) groups is 5. The van der Waals surface area contributed by atoms with Crippen LogP contribution in [0.5, 0.6) is 0 Å². The van der Waals surface area contributed by atoms with E-state index in [1.54, 1.807) is 20.8 Å². The summed E-state index contributed by atoms with van der Waals surface area (Å²) in [5.74, 6) is -3.91. The Morgan fingerprint density at radius 3 is 1.85 bits per heavy atom. The van der Waals surface area contributed by atoms with Gasteiger partial charge in [0.15, 0.2) is 0 Å². The van der Waals surface area contributed by atoms with Crippen LogP contribution in [0.4, 0.5) is 0 Å². The molecule has 9 nitrogen and oxygen atoms in total. The van der Waals surface area contributed by atoms with E-state index in [1.165, 1.54) is 38.5 Å². The molecule has 1 fully saturated rings. The fourth-order valence-electron chi connectivity index (χ4n) is 4.07. The highest BCUT2D eigenvalue weighted by molar-refractivity contribution is 6.02. The molecule has 0 N–H and O–H groups in total. The molecule has 0 aromatic heterocycles. The second-order valence-electron chi connectivity index (χ2n) is 11.1. The van der Waals surface area contributed by atoms with Crippen molar-refractivity contribution in [2.45, 2.75) is 149 Å². The van der Waals surface area contributed by atoms with Crippen LogP contribution in [0, 0.1) is 0 Å². The number of imide groups is 1. The van der Waals surface area contributed by atoms with Gasteiger partial charge in [-0.3, -0.25) is 19.2 Å². The van der Waals surface area contributed by atoms with Gasteiger partial charge in [-0.15, -0.1) is 5.06 Å². The fraction of sp³-hybridized carbons (Fsp3) is 0.767. The van der Waals surface area contributed by atoms with Crippen LogP contribution in [0.15, 0.2) is 12.2 Å². The van der Waals surface area contributed by atoms with Crippen LogP contribution in [0.1, 0.15) is 137 Å². The van der Waals surface area contributed by atoms with Crippen LogP contribution in [-0.2, 0) is 38.3 Å². The lowest BCUT2D eigenvalue weighted by Gasteiger charge is -2.22. The van der Waals surface area contributed by atoms with E-state index < -0.39 is 47.8 Å². The normalized spacial score (nSPS) is 14.6. The second kappa shape index (κ2) is 19.4. The van der Waals surface area contributed by atoms with E-state index in [9.17, 15) is 24.0 Å². The van der Waals surface area contributed by atoms with Crippen LogP contribution in [-0.4, -0.2) is 46.5 Å². The largest absolute Gasteiger partial charge is 0.460 e. The molecule has 222 valence electrons. The highest BCUT2D eigenvalue weighted by Crippen LogP contribution is 2.17. The van der Waals surface area contributed by atoms with E-state index >= 15 is 0 Å². The maximum absolute atomic E-state index is 12.6. The Kier molecular flexibility index (Phi) is 17.0. The molecule has 1 rings (SSSR count). The minimum absolute atomic E-state index is 0.0713. The summed E-state index contributed by atoms with van der Waals surface area (Å²) >= 11 is 0. The van der Waals surface area contributed by atoms with Gasteiger partial charge in [0.1, 0.15) is 5.60 Å². The van der Waals surface area contributed by atoms with Crippen LogP contribution < -0.4 is 0 Å². The van der Waals surface area contributed by atoms with Crippen molar-refractivity contribution < 1.29 is 38.3 Å². The van der Waals surface area contributed by atoms with Gasteiger partial charge in [0.25, 0.3) is 11.8 Å². The van der Waals surface area contributed by atoms with Crippen molar-refractivity contribution in [3.05, 3.63) is 12.2 Å². The van der Waals surface area contributed by atoms with Crippen LogP contribution in [0.3, 0.4) is 0 Å². The number of nitrogens with zero attached hydrogens (tertiary/aromatic N) is 1. The van der Waals surface area contributed by atoms with Crippen LogP contribution in [0.2, 0.25) is 0 Å². The smallest absolute Gasteiger partial charge is 0.374 e. The standard InChI is InChI=1S/C30H49NO8/c1-5-6-7-8-9-10-11-12-13-14-15-16-17-18-19-20-27(34)37-24(23-28(35)38-30(2,3)4)29(36)39-31-25(32)21-22-26(31)33/h12-13,24H,5-11,14-23H2,1-4H3. The first kappa shape index (κ1) is 34.3. The molecule has 1 saturated heterocycles. The lowest BCUT2D eigenvalue weighted by atomic mass is 10.1. The summed E-state index contributed by atoms with van der Waals surface area (Å²) in [4.78, 5) is 65.6. The molecular formula is C30H49NO8. The highest BCUT2D eigenvalue weighted by atomic mass is 16.7. The third-order valence-electron chi connectivity index (χ3n) is 6.14. The molecule has 1 unspecified atom stereocenters. The summed E-state index contributed by atoms with van der Waals surface area (Å²) in [6.07, 6.45) is 17.0. The molecule has 9 heteroatoms. The molecule has 0 aromatic carbocycles. The zero-order chi connectivity index (χ0) is 29.1. The van der Waals surface area contributed by atoms with Crippen molar-refractivity contribution in [1.29, 1.82) is 0 Å². The number of allylic oxidation sites excluding steroid dienone is 2. The highest BCUT2D eigenvalue weighted by Gasteiger charge is 2.37. The number of carbonyl (C=O) groups excluding carboxylic acids is 5. The van der Waals surface area contributed by atoms with Crippen molar-refractivity contribution in [2.75, 3.05) is 0 Å². The summed E-state index contributed by atoms with van der Waals surface area (Å²) in [7, 11) is 0. The maximum atomic E-state index is 12.6. The first-order valence-corrected chi connectivity index (χ1v) is 14.7. The molecule has 0 aliphatic carbocycles. The number of hydrogen-bond donors (Lipinski definition) is 0. The maximum Gasteiger partial charge on any atom is 0.374 e. The van der Waals surface area contributed by atoms with E-state index in [1.807, 2.05) is 0 Å². The Labute approximate surface area is 233 Å². The second-order valence-corrected chi connectivity index (χ2v) is 11.1. The molecule has 0 saturated carbocycles. The van der Waals surface area contributed by atoms with E-state index in [-0.39, 0.29) is 19.3 Å². The monoisotopic (exact) mass is 551 g/mol. The molecule has 1 atom stereocenters. The summed E-state index contributed by atoms with van der Waals surface area (Å²) < 4.78 is 10.4.